The average Bonchev–Trinajstić information content (AvgIpc) is 2.31. The van der Waals surface area contributed by atoms with Crippen LogP contribution in [0.4, 0.5) is 0 Å². The highest BCUT2D eigenvalue weighted by atomic mass is 15.3. The van der Waals surface area contributed by atoms with Gasteiger partial charge in [-0.1, -0.05) is 12.5 Å². The molecule has 0 radical (unpaired) electrons. The molecule has 1 aromatic rings. The molecule has 1 aliphatic heterocycles. The van der Waals surface area contributed by atoms with E-state index in [2.05, 4.69) is 16.8 Å². The van der Waals surface area contributed by atoms with Crippen LogP contribution in [0.5, 0.6) is 0 Å². The van der Waals surface area contributed by atoms with Gasteiger partial charge < -0.3 is 5.73 Å². The van der Waals surface area contributed by atoms with Crippen LogP contribution in [0, 0.1) is 0 Å². The Kier molecular flexibility index (Phi) is 3.03. The Balaban J connectivity index is 2.18. The molecule has 0 unspecified atom stereocenters. The minimum atomic E-state index is -0.415. The summed E-state index contributed by atoms with van der Waals surface area (Å²) >= 11 is 0. The Morgan fingerprint density at radius 3 is 2.60 bits per heavy atom. The molecule has 0 spiro atoms. The van der Waals surface area contributed by atoms with E-state index in [1.807, 2.05) is 24.4 Å². The summed E-state index contributed by atoms with van der Waals surface area (Å²) in [5.74, 6) is 0. The molecule has 1 saturated heterocycles. The van der Waals surface area contributed by atoms with E-state index in [1.54, 1.807) is 0 Å². The fourth-order valence-corrected chi connectivity index (χ4v) is 2.18. The number of rotatable bonds is 2. The maximum Gasteiger partial charge on any atom is 0.109 e. The van der Waals surface area contributed by atoms with Crippen molar-refractivity contribution in [2.75, 3.05) is 13.1 Å². The van der Waals surface area contributed by atoms with Crippen molar-refractivity contribution in [1.82, 2.24) is 9.88 Å². The lowest BCUT2D eigenvalue weighted by atomic mass is 10.0. The molecular weight excluding hydrogens is 186 g/mol. The summed E-state index contributed by atoms with van der Waals surface area (Å²) in [5.41, 5.74) is 6.93. The normalized spacial score (nSPS) is 22.3. The predicted octanol–water partition coefficient (Wildman–Crippen LogP) is 1.70. The first kappa shape index (κ1) is 10.6. The van der Waals surface area contributed by atoms with Crippen LogP contribution in [0.3, 0.4) is 0 Å². The second kappa shape index (κ2) is 4.29. The molecule has 1 aliphatic rings. The average molecular weight is 205 g/mol. The van der Waals surface area contributed by atoms with Crippen molar-refractivity contribution in [2.45, 2.75) is 31.8 Å². The van der Waals surface area contributed by atoms with Crippen LogP contribution in [-0.2, 0) is 5.66 Å². The Morgan fingerprint density at radius 2 is 2.00 bits per heavy atom. The number of pyridine rings is 1. The molecule has 3 nitrogen and oxygen atoms in total. The number of nitrogens with two attached hydrogens (primary N) is 1. The van der Waals surface area contributed by atoms with Gasteiger partial charge in [0.25, 0.3) is 0 Å². The van der Waals surface area contributed by atoms with E-state index in [-0.39, 0.29) is 0 Å². The first-order valence-corrected chi connectivity index (χ1v) is 5.67. The first-order valence-electron chi connectivity index (χ1n) is 5.67. The predicted molar refractivity (Wildman–Crippen MR) is 61.2 cm³/mol. The van der Waals surface area contributed by atoms with E-state index >= 15 is 0 Å². The molecule has 2 N–H and O–H groups in total. The van der Waals surface area contributed by atoms with Crippen LogP contribution in [0.1, 0.15) is 31.9 Å². The molecule has 15 heavy (non-hydrogen) atoms. The van der Waals surface area contributed by atoms with Crippen molar-refractivity contribution in [3.8, 4) is 0 Å². The number of nitrogens with zero attached hydrogens (tertiary/aromatic N) is 2. The summed E-state index contributed by atoms with van der Waals surface area (Å²) in [6.07, 6.45) is 5.64. The maximum absolute atomic E-state index is 6.38. The van der Waals surface area contributed by atoms with Crippen molar-refractivity contribution in [2.24, 2.45) is 5.73 Å². The van der Waals surface area contributed by atoms with Crippen LogP contribution in [0.2, 0.25) is 0 Å². The SMILES string of the molecule is C[C@@](N)(c1ccccn1)N1CCCCC1. The maximum atomic E-state index is 6.38. The highest BCUT2D eigenvalue weighted by Crippen LogP contribution is 2.24. The largest absolute Gasteiger partial charge is 0.308 e. The van der Waals surface area contributed by atoms with Gasteiger partial charge in [-0.05, 0) is 31.9 Å². The smallest absolute Gasteiger partial charge is 0.109 e. The van der Waals surface area contributed by atoms with Gasteiger partial charge in [0, 0.05) is 19.3 Å². The van der Waals surface area contributed by atoms with Crippen LogP contribution < -0.4 is 5.73 Å². The lowest BCUT2D eigenvalue weighted by molar-refractivity contribution is 0.0804. The van der Waals surface area contributed by atoms with E-state index in [0.717, 1.165) is 18.8 Å². The number of hydrogen-bond acceptors (Lipinski definition) is 3. The number of hydrogen-bond donors (Lipinski definition) is 1. The summed E-state index contributed by atoms with van der Waals surface area (Å²) < 4.78 is 0. The van der Waals surface area contributed by atoms with Gasteiger partial charge in [-0.3, -0.25) is 9.88 Å². The topological polar surface area (TPSA) is 42.1 Å². The molecule has 82 valence electrons. The van der Waals surface area contributed by atoms with Crippen LogP contribution in [0.15, 0.2) is 24.4 Å². The lowest BCUT2D eigenvalue weighted by Gasteiger charge is -2.40. The molecule has 0 aliphatic carbocycles. The fraction of sp³-hybridized carbons (Fsp3) is 0.583. The van der Waals surface area contributed by atoms with Gasteiger partial charge in [-0.25, -0.2) is 0 Å². The third-order valence-corrected chi connectivity index (χ3v) is 3.20. The zero-order valence-electron chi connectivity index (χ0n) is 9.32. The van der Waals surface area contributed by atoms with Gasteiger partial charge in [-0.2, -0.15) is 0 Å². The van der Waals surface area contributed by atoms with Gasteiger partial charge in [-0.15, -0.1) is 0 Å². The second-order valence-electron chi connectivity index (χ2n) is 4.41. The minimum Gasteiger partial charge on any atom is -0.308 e. The van der Waals surface area contributed by atoms with Gasteiger partial charge in [0.15, 0.2) is 0 Å². The molecule has 0 amide bonds. The van der Waals surface area contributed by atoms with E-state index < -0.39 is 5.66 Å². The lowest BCUT2D eigenvalue weighted by Crippen LogP contribution is -2.53. The summed E-state index contributed by atoms with van der Waals surface area (Å²) in [5, 5.41) is 0. The monoisotopic (exact) mass is 205 g/mol. The second-order valence-corrected chi connectivity index (χ2v) is 4.41. The van der Waals surface area contributed by atoms with Crippen molar-refractivity contribution in [1.29, 1.82) is 0 Å². The van der Waals surface area contributed by atoms with Gasteiger partial charge >= 0.3 is 0 Å². The van der Waals surface area contributed by atoms with Gasteiger partial charge in [0.1, 0.15) is 5.66 Å². The fourth-order valence-electron chi connectivity index (χ4n) is 2.18. The van der Waals surface area contributed by atoms with Gasteiger partial charge in [0.2, 0.25) is 0 Å². The zero-order valence-corrected chi connectivity index (χ0v) is 9.32. The molecule has 2 heterocycles. The van der Waals surface area contributed by atoms with E-state index in [4.69, 9.17) is 5.73 Å². The highest BCUT2D eigenvalue weighted by Gasteiger charge is 2.31. The van der Waals surface area contributed by atoms with Crippen molar-refractivity contribution in [3.05, 3.63) is 30.1 Å². The van der Waals surface area contributed by atoms with E-state index in [0.29, 0.717) is 0 Å². The summed E-state index contributed by atoms with van der Waals surface area (Å²) in [6.45, 7) is 4.23. The molecule has 2 rings (SSSR count). The molecule has 3 heteroatoms. The molecule has 1 atom stereocenters. The summed E-state index contributed by atoms with van der Waals surface area (Å²) in [7, 11) is 0. The Morgan fingerprint density at radius 1 is 1.27 bits per heavy atom. The number of aromatic nitrogens is 1. The van der Waals surface area contributed by atoms with Crippen LogP contribution in [0.25, 0.3) is 0 Å². The molecular formula is C12H19N3. The third kappa shape index (κ3) is 2.19. The molecule has 1 fully saturated rings. The quantitative estimate of drug-likeness (QED) is 0.799. The van der Waals surface area contributed by atoms with Crippen molar-refractivity contribution in [3.63, 3.8) is 0 Å². The standard InChI is InChI=1S/C12H19N3/c1-12(13,11-7-3-4-8-14-11)15-9-5-2-6-10-15/h3-4,7-8H,2,5-6,9-10,13H2,1H3/t12-/m0/s1. The van der Waals surface area contributed by atoms with Gasteiger partial charge in [0.05, 0.1) is 5.69 Å². The van der Waals surface area contributed by atoms with Crippen LogP contribution >= 0.6 is 0 Å². The van der Waals surface area contributed by atoms with E-state index in [1.165, 1.54) is 19.3 Å². The molecule has 0 saturated carbocycles. The summed E-state index contributed by atoms with van der Waals surface area (Å²) in [4.78, 5) is 6.69. The number of piperidine rings is 1. The zero-order chi connectivity index (χ0) is 10.7. The first-order chi connectivity index (χ1) is 7.21. The van der Waals surface area contributed by atoms with E-state index in [9.17, 15) is 0 Å². The van der Waals surface area contributed by atoms with Crippen molar-refractivity contribution < 1.29 is 0 Å². The van der Waals surface area contributed by atoms with Crippen LogP contribution in [-0.4, -0.2) is 23.0 Å². The Labute approximate surface area is 91.3 Å². The Hall–Kier alpha value is -0.930. The Bertz CT molecular complexity index is 302. The van der Waals surface area contributed by atoms with Crippen molar-refractivity contribution >= 4 is 0 Å². The highest BCUT2D eigenvalue weighted by molar-refractivity contribution is 5.13. The number of likely N-dealkylation sites (tertiary alicyclic amines) is 1. The molecule has 0 aromatic carbocycles. The summed E-state index contributed by atoms with van der Waals surface area (Å²) in [6, 6.07) is 5.93. The molecule has 1 aromatic heterocycles. The minimum absolute atomic E-state index is 0.415. The third-order valence-electron chi connectivity index (χ3n) is 3.20. The molecule has 0 bridgehead atoms.